The lowest BCUT2D eigenvalue weighted by molar-refractivity contribution is 0.380. The number of halogens is 3. The maximum Gasteiger partial charge on any atom is 0.143 e. The molecule has 1 N–H and O–H groups in total. The molecule has 0 radical (unpaired) electrons. The summed E-state index contributed by atoms with van der Waals surface area (Å²) in [4.78, 5) is 0. The van der Waals surface area contributed by atoms with Crippen molar-refractivity contribution in [2.75, 3.05) is 13.1 Å². The number of hydrogen-bond donors (Lipinski definition) is 1. The Balaban J connectivity index is 3.01. The standard InChI is InChI=1S/C14H18BrF2N/c1-4-14(3,9-18-5-2)8-10-12(16)7-6-11(15)13(10)17/h4,6-7,18H,1,5,8-9H2,2-3H3. The Morgan fingerprint density at radius 2 is 2.11 bits per heavy atom. The molecule has 1 aromatic rings. The summed E-state index contributed by atoms with van der Waals surface area (Å²) in [6.45, 7) is 9.14. The molecule has 1 atom stereocenters. The van der Waals surface area contributed by atoms with Crippen LogP contribution >= 0.6 is 15.9 Å². The Bertz CT molecular complexity index is 434. The highest BCUT2D eigenvalue weighted by atomic mass is 79.9. The molecule has 0 heterocycles. The molecular weight excluding hydrogens is 300 g/mol. The van der Waals surface area contributed by atoms with Gasteiger partial charge in [-0.05, 0) is 41.0 Å². The number of benzene rings is 1. The summed E-state index contributed by atoms with van der Waals surface area (Å²) in [5, 5.41) is 3.19. The van der Waals surface area contributed by atoms with Crippen molar-refractivity contribution in [3.8, 4) is 0 Å². The van der Waals surface area contributed by atoms with Gasteiger partial charge in [-0.1, -0.05) is 19.9 Å². The average Bonchev–Trinajstić information content (AvgIpc) is 2.37. The van der Waals surface area contributed by atoms with E-state index in [9.17, 15) is 8.78 Å². The van der Waals surface area contributed by atoms with Crippen molar-refractivity contribution in [1.29, 1.82) is 0 Å². The number of hydrogen-bond acceptors (Lipinski definition) is 1. The normalized spacial score (nSPS) is 14.3. The molecule has 1 unspecified atom stereocenters. The molecule has 100 valence electrons. The van der Waals surface area contributed by atoms with Gasteiger partial charge in [0.2, 0.25) is 0 Å². The van der Waals surface area contributed by atoms with Gasteiger partial charge in [-0.3, -0.25) is 0 Å². The van der Waals surface area contributed by atoms with Crippen molar-refractivity contribution in [1.82, 2.24) is 5.32 Å². The van der Waals surface area contributed by atoms with E-state index in [0.29, 0.717) is 6.54 Å². The molecule has 0 saturated carbocycles. The topological polar surface area (TPSA) is 12.0 Å². The van der Waals surface area contributed by atoms with Crippen molar-refractivity contribution < 1.29 is 8.78 Å². The van der Waals surface area contributed by atoms with Crippen molar-refractivity contribution in [3.05, 3.63) is 46.5 Å². The first-order chi connectivity index (χ1) is 8.43. The lowest BCUT2D eigenvalue weighted by Crippen LogP contribution is -2.32. The van der Waals surface area contributed by atoms with Crippen molar-refractivity contribution in [2.45, 2.75) is 20.3 Å². The van der Waals surface area contributed by atoms with Gasteiger partial charge in [-0.2, -0.15) is 0 Å². The van der Waals surface area contributed by atoms with Gasteiger partial charge in [0, 0.05) is 17.5 Å². The molecule has 0 amide bonds. The summed E-state index contributed by atoms with van der Waals surface area (Å²) in [5.41, 5.74) is -0.275. The van der Waals surface area contributed by atoms with Crippen LogP contribution in [0.3, 0.4) is 0 Å². The van der Waals surface area contributed by atoms with Crippen LogP contribution in [0.4, 0.5) is 8.78 Å². The number of nitrogens with one attached hydrogen (secondary N) is 1. The third-order valence-electron chi connectivity index (χ3n) is 2.99. The first-order valence-corrected chi connectivity index (χ1v) is 6.69. The second-order valence-corrected chi connectivity index (χ2v) is 5.49. The average molecular weight is 318 g/mol. The molecule has 0 spiro atoms. The Morgan fingerprint density at radius 1 is 1.44 bits per heavy atom. The van der Waals surface area contributed by atoms with Gasteiger partial charge < -0.3 is 5.32 Å². The molecule has 0 saturated heterocycles. The minimum Gasteiger partial charge on any atom is -0.316 e. The smallest absolute Gasteiger partial charge is 0.143 e. The molecule has 18 heavy (non-hydrogen) atoms. The second kappa shape index (κ2) is 6.43. The van der Waals surface area contributed by atoms with Crippen LogP contribution in [0.2, 0.25) is 0 Å². The van der Waals surface area contributed by atoms with E-state index in [1.165, 1.54) is 12.1 Å². The molecule has 4 heteroatoms. The Labute approximate surface area is 115 Å². The van der Waals surface area contributed by atoms with Crippen LogP contribution in [0.25, 0.3) is 0 Å². The highest BCUT2D eigenvalue weighted by molar-refractivity contribution is 9.10. The zero-order valence-electron chi connectivity index (χ0n) is 10.7. The zero-order chi connectivity index (χ0) is 13.8. The fraction of sp³-hybridized carbons (Fsp3) is 0.429. The molecule has 0 bridgehead atoms. The van der Waals surface area contributed by atoms with E-state index in [1.54, 1.807) is 6.08 Å². The first kappa shape index (κ1) is 15.3. The van der Waals surface area contributed by atoms with Crippen LogP contribution in [-0.4, -0.2) is 13.1 Å². The second-order valence-electron chi connectivity index (χ2n) is 4.64. The largest absolute Gasteiger partial charge is 0.316 e. The van der Waals surface area contributed by atoms with Crippen LogP contribution in [0.1, 0.15) is 19.4 Å². The van der Waals surface area contributed by atoms with E-state index < -0.39 is 11.6 Å². The van der Waals surface area contributed by atoms with Crippen LogP contribution in [0.15, 0.2) is 29.3 Å². The maximum atomic E-state index is 13.9. The van der Waals surface area contributed by atoms with Gasteiger partial charge in [0.1, 0.15) is 11.6 Å². The maximum absolute atomic E-state index is 13.9. The van der Waals surface area contributed by atoms with Crippen molar-refractivity contribution >= 4 is 15.9 Å². The van der Waals surface area contributed by atoms with E-state index in [-0.39, 0.29) is 21.9 Å². The van der Waals surface area contributed by atoms with Crippen LogP contribution in [0.5, 0.6) is 0 Å². The minimum atomic E-state index is -0.528. The summed E-state index contributed by atoms with van der Waals surface area (Å²) in [6, 6.07) is 2.66. The van der Waals surface area contributed by atoms with E-state index in [1.807, 2.05) is 13.8 Å². The fourth-order valence-corrected chi connectivity index (χ4v) is 2.12. The third kappa shape index (κ3) is 3.62. The first-order valence-electron chi connectivity index (χ1n) is 5.90. The molecular formula is C14H18BrF2N. The van der Waals surface area contributed by atoms with Crippen LogP contribution in [-0.2, 0) is 6.42 Å². The number of rotatable bonds is 6. The predicted octanol–water partition coefficient (Wildman–Crippen LogP) is 4.07. The minimum absolute atomic E-state index is 0.102. The highest BCUT2D eigenvalue weighted by Crippen LogP contribution is 2.29. The Hall–Kier alpha value is -0.740. The molecule has 1 aromatic carbocycles. The Morgan fingerprint density at radius 3 is 2.67 bits per heavy atom. The van der Waals surface area contributed by atoms with Crippen LogP contribution in [0, 0.1) is 17.0 Å². The van der Waals surface area contributed by atoms with E-state index in [2.05, 4.69) is 27.8 Å². The van der Waals surface area contributed by atoms with Crippen molar-refractivity contribution in [2.24, 2.45) is 5.41 Å². The van der Waals surface area contributed by atoms with Gasteiger partial charge in [0.25, 0.3) is 0 Å². The highest BCUT2D eigenvalue weighted by Gasteiger charge is 2.25. The molecule has 1 nitrogen and oxygen atoms in total. The molecule has 1 rings (SSSR count). The molecule has 0 aromatic heterocycles. The quantitative estimate of drug-likeness (QED) is 0.616. The SMILES string of the molecule is C=CC(C)(CNCC)Cc1c(F)ccc(Br)c1F. The lowest BCUT2D eigenvalue weighted by Gasteiger charge is -2.26. The Kier molecular flexibility index (Phi) is 5.47. The summed E-state index contributed by atoms with van der Waals surface area (Å²) < 4.78 is 27.9. The molecule has 0 aliphatic rings. The molecule has 0 aliphatic carbocycles. The zero-order valence-corrected chi connectivity index (χ0v) is 12.3. The fourth-order valence-electron chi connectivity index (χ4n) is 1.75. The van der Waals surface area contributed by atoms with E-state index >= 15 is 0 Å². The van der Waals surface area contributed by atoms with Gasteiger partial charge in [0.15, 0.2) is 0 Å². The summed E-state index contributed by atoms with van der Waals surface area (Å²) in [6.07, 6.45) is 2.02. The molecule has 0 aliphatic heterocycles. The van der Waals surface area contributed by atoms with Gasteiger partial charge in [0.05, 0.1) is 4.47 Å². The summed E-state index contributed by atoms with van der Waals surface area (Å²) in [5.74, 6) is -1.04. The van der Waals surface area contributed by atoms with Crippen LogP contribution < -0.4 is 5.32 Å². The van der Waals surface area contributed by atoms with Gasteiger partial charge in [-0.25, -0.2) is 8.78 Å². The van der Waals surface area contributed by atoms with E-state index in [4.69, 9.17) is 0 Å². The summed E-state index contributed by atoms with van der Waals surface area (Å²) >= 11 is 3.08. The van der Waals surface area contributed by atoms with Gasteiger partial charge in [-0.15, -0.1) is 6.58 Å². The summed E-state index contributed by atoms with van der Waals surface area (Å²) in [7, 11) is 0. The lowest BCUT2D eigenvalue weighted by atomic mass is 9.83. The van der Waals surface area contributed by atoms with Gasteiger partial charge >= 0.3 is 0 Å². The van der Waals surface area contributed by atoms with E-state index in [0.717, 1.165) is 6.54 Å². The predicted molar refractivity (Wildman–Crippen MR) is 74.6 cm³/mol. The monoisotopic (exact) mass is 317 g/mol. The molecule has 0 fully saturated rings. The third-order valence-corrected chi connectivity index (χ3v) is 3.60. The van der Waals surface area contributed by atoms with Crippen molar-refractivity contribution in [3.63, 3.8) is 0 Å².